The van der Waals surface area contributed by atoms with Crippen molar-refractivity contribution in [3.63, 3.8) is 0 Å². The number of anilines is 1. The van der Waals surface area contributed by atoms with Gasteiger partial charge in [0.05, 0.1) is 20.2 Å². The Kier molecular flexibility index (Phi) is 6.16. The van der Waals surface area contributed by atoms with Crippen LogP contribution in [0.3, 0.4) is 0 Å². The summed E-state index contributed by atoms with van der Waals surface area (Å²) in [5, 5.41) is 6.05. The molecule has 0 aromatic heterocycles. The van der Waals surface area contributed by atoms with Crippen LogP contribution < -0.4 is 15.5 Å². The number of hydrogen-bond donors (Lipinski definition) is 3. The van der Waals surface area contributed by atoms with Crippen molar-refractivity contribution in [2.75, 3.05) is 32.1 Å². The van der Waals surface area contributed by atoms with E-state index in [0.717, 1.165) is 10.5 Å². The van der Waals surface area contributed by atoms with E-state index in [-0.39, 0.29) is 24.8 Å². The molecule has 1 saturated heterocycles. The van der Waals surface area contributed by atoms with Crippen LogP contribution in [0, 0.1) is 6.92 Å². The summed E-state index contributed by atoms with van der Waals surface area (Å²) in [6.45, 7) is 2.99. The van der Waals surface area contributed by atoms with Gasteiger partial charge in [0.1, 0.15) is 6.42 Å². The lowest BCUT2D eigenvalue weighted by molar-refractivity contribution is -0.909. The van der Waals surface area contributed by atoms with Crippen LogP contribution in [-0.4, -0.2) is 50.6 Å². The lowest BCUT2D eigenvalue weighted by Gasteiger charge is -2.30. The van der Waals surface area contributed by atoms with Gasteiger partial charge in [-0.3, -0.25) is 14.4 Å². The second-order valence-corrected chi connectivity index (χ2v) is 6.13. The Hall–Kier alpha value is -2.12. The number of methoxy groups -OCH3 is 1. The Morgan fingerprint density at radius 2 is 2.21 bits per heavy atom. The van der Waals surface area contributed by atoms with Crippen molar-refractivity contribution >= 4 is 35.1 Å². The molecule has 7 nitrogen and oxygen atoms in total. The van der Waals surface area contributed by atoms with Gasteiger partial charge >= 0.3 is 5.97 Å². The Balaban J connectivity index is 2.00. The monoisotopic (exact) mass is 354 g/mol. The molecule has 0 saturated carbocycles. The number of esters is 1. The van der Waals surface area contributed by atoms with Crippen LogP contribution in [-0.2, 0) is 19.1 Å². The first-order chi connectivity index (χ1) is 11.4. The van der Waals surface area contributed by atoms with Gasteiger partial charge in [-0.2, -0.15) is 0 Å². The van der Waals surface area contributed by atoms with E-state index in [4.69, 9.17) is 11.6 Å². The van der Waals surface area contributed by atoms with Crippen LogP contribution in [0.2, 0.25) is 5.02 Å². The smallest absolute Gasteiger partial charge is 0.312 e. The maximum Gasteiger partial charge on any atom is 0.312 e. The molecule has 0 spiro atoms. The van der Waals surface area contributed by atoms with Gasteiger partial charge in [0.15, 0.2) is 12.6 Å². The summed E-state index contributed by atoms with van der Waals surface area (Å²) in [5.41, 5.74) is 1.52. The Morgan fingerprint density at radius 1 is 1.46 bits per heavy atom. The van der Waals surface area contributed by atoms with E-state index in [9.17, 15) is 14.4 Å². The standard InChI is InChI=1S/C16H20ClN3O4/c1-10-3-4-11(7-12(10)17)19-14(21)9-20-6-5-18-16(23)13(20)8-15(22)24-2/h3-4,7,13H,5-6,8-9H2,1-2H3,(H,18,23)(H,19,21)/p+1/t13-/m0/s1. The minimum absolute atomic E-state index is 0.0543. The summed E-state index contributed by atoms with van der Waals surface area (Å²) in [6, 6.07) is 4.64. The largest absolute Gasteiger partial charge is 0.469 e. The van der Waals surface area contributed by atoms with Gasteiger partial charge in [0, 0.05) is 10.7 Å². The first-order valence-corrected chi connectivity index (χ1v) is 8.03. The molecule has 1 fully saturated rings. The van der Waals surface area contributed by atoms with Crippen LogP contribution in [0.5, 0.6) is 0 Å². The lowest BCUT2D eigenvalue weighted by atomic mass is 10.1. The fraction of sp³-hybridized carbons (Fsp3) is 0.438. The molecule has 2 amide bonds. The second-order valence-electron chi connectivity index (χ2n) is 5.72. The SMILES string of the molecule is COC(=O)C[C@H]1C(=O)NCC[NH+]1CC(=O)Nc1ccc(C)c(Cl)c1. The highest BCUT2D eigenvalue weighted by Gasteiger charge is 2.36. The van der Waals surface area contributed by atoms with E-state index >= 15 is 0 Å². The first-order valence-electron chi connectivity index (χ1n) is 7.66. The van der Waals surface area contributed by atoms with Gasteiger partial charge in [-0.25, -0.2) is 0 Å². The number of halogens is 1. The minimum Gasteiger partial charge on any atom is -0.469 e. The minimum atomic E-state index is -0.626. The number of carbonyl (C=O) groups is 3. The topological polar surface area (TPSA) is 88.9 Å². The van der Waals surface area contributed by atoms with Gasteiger partial charge in [-0.15, -0.1) is 0 Å². The summed E-state index contributed by atoms with van der Waals surface area (Å²) < 4.78 is 4.63. The number of piperazine rings is 1. The average Bonchev–Trinajstić information content (AvgIpc) is 2.54. The molecule has 1 aromatic rings. The maximum absolute atomic E-state index is 12.3. The average molecular weight is 355 g/mol. The molecule has 1 aliphatic heterocycles. The molecule has 1 heterocycles. The van der Waals surface area contributed by atoms with Gasteiger partial charge in [0.2, 0.25) is 0 Å². The van der Waals surface area contributed by atoms with E-state index in [1.54, 1.807) is 12.1 Å². The third kappa shape index (κ3) is 4.69. The molecule has 8 heteroatoms. The van der Waals surface area contributed by atoms with Crippen LogP contribution >= 0.6 is 11.6 Å². The molecule has 130 valence electrons. The number of benzene rings is 1. The molecule has 0 bridgehead atoms. The summed E-state index contributed by atoms with van der Waals surface area (Å²) in [4.78, 5) is 36.5. The second kappa shape index (κ2) is 8.12. The van der Waals surface area contributed by atoms with Crippen molar-refractivity contribution in [3.05, 3.63) is 28.8 Å². The number of carbonyl (C=O) groups excluding carboxylic acids is 3. The Morgan fingerprint density at radius 3 is 2.88 bits per heavy atom. The highest BCUT2D eigenvalue weighted by atomic mass is 35.5. The maximum atomic E-state index is 12.3. The summed E-state index contributed by atoms with van der Waals surface area (Å²) in [7, 11) is 1.27. The van der Waals surface area contributed by atoms with E-state index in [1.807, 2.05) is 13.0 Å². The number of hydrogen-bond acceptors (Lipinski definition) is 4. The molecule has 1 aliphatic rings. The molecule has 0 radical (unpaired) electrons. The van der Waals surface area contributed by atoms with Gasteiger partial charge in [-0.1, -0.05) is 17.7 Å². The number of aryl methyl sites for hydroxylation is 1. The summed E-state index contributed by atoms with van der Waals surface area (Å²) in [6.07, 6.45) is -0.0543. The number of nitrogens with one attached hydrogen (secondary N) is 3. The fourth-order valence-corrected chi connectivity index (χ4v) is 2.79. The quantitative estimate of drug-likeness (QED) is 0.624. The van der Waals surface area contributed by atoms with Crippen LogP contribution in [0.4, 0.5) is 5.69 Å². The third-order valence-electron chi connectivity index (χ3n) is 4.00. The lowest BCUT2D eigenvalue weighted by Crippen LogP contribution is -3.20. The molecule has 1 unspecified atom stereocenters. The van der Waals surface area contributed by atoms with Crippen molar-refractivity contribution in [2.45, 2.75) is 19.4 Å². The molecule has 24 heavy (non-hydrogen) atoms. The number of amides is 2. The highest BCUT2D eigenvalue weighted by Crippen LogP contribution is 2.19. The summed E-state index contributed by atoms with van der Waals surface area (Å²) >= 11 is 6.04. The van der Waals surface area contributed by atoms with Gasteiger partial charge < -0.3 is 20.3 Å². The van der Waals surface area contributed by atoms with E-state index in [0.29, 0.717) is 23.8 Å². The highest BCUT2D eigenvalue weighted by molar-refractivity contribution is 6.31. The van der Waals surface area contributed by atoms with Crippen molar-refractivity contribution in [1.29, 1.82) is 0 Å². The summed E-state index contributed by atoms with van der Waals surface area (Å²) in [5.74, 6) is -0.956. The zero-order valence-corrected chi connectivity index (χ0v) is 14.4. The molecule has 3 N–H and O–H groups in total. The predicted octanol–water partition coefficient (Wildman–Crippen LogP) is -0.467. The van der Waals surface area contributed by atoms with E-state index in [1.165, 1.54) is 7.11 Å². The zero-order valence-electron chi connectivity index (χ0n) is 13.6. The molecule has 2 atom stereocenters. The molecular weight excluding hydrogens is 334 g/mol. The van der Waals surface area contributed by atoms with Crippen LogP contribution in [0.15, 0.2) is 18.2 Å². The molecular formula is C16H21ClN3O4+. The number of quaternary nitrogens is 1. The Labute approximate surface area is 145 Å². The zero-order chi connectivity index (χ0) is 17.7. The molecule has 1 aromatic carbocycles. The van der Waals surface area contributed by atoms with Crippen molar-refractivity contribution < 1.29 is 24.0 Å². The van der Waals surface area contributed by atoms with Gasteiger partial charge in [0.25, 0.3) is 11.8 Å². The third-order valence-corrected chi connectivity index (χ3v) is 4.40. The fourth-order valence-electron chi connectivity index (χ4n) is 2.61. The molecule has 0 aliphatic carbocycles. The predicted molar refractivity (Wildman–Crippen MR) is 88.9 cm³/mol. The van der Waals surface area contributed by atoms with Crippen molar-refractivity contribution in [1.82, 2.24) is 5.32 Å². The number of rotatable bonds is 5. The first kappa shape index (κ1) is 18.2. The van der Waals surface area contributed by atoms with Gasteiger partial charge in [-0.05, 0) is 24.6 Å². The normalized spacial score (nSPS) is 20.2. The van der Waals surface area contributed by atoms with Crippen LogP contribution in [0.1, 0.15) is 12.0 Å². The van der Waals surface area contributed by atoms with Crippen molar-refractivity contribution in [2.24, 2.45) is 0 Å². The van der Waals surface area contributed by atoms with Crippen LogP contribution in [0.25, 0.3) is 0 Å². The van der Waals surface area contributed by atoms with E-state index < -0.39 is 12.0 Å². The van der Waals surface area contributed by atoms with E-state index in [2.05, 4.69) is 15.4 Å². The Bertz CT molecular complexity index is 650. The van der Waals surface area contributed by atoms with Crippen molar-refractivity contribution in [3.8, 4) is 0 Å². The molecule has 2 rings (SSSR count). The number of ether oxygens (including phenoxy) is 1.